The molecular formula is C18H16N2P+. The van der Waals surface area contributed by atoms with Crippen molar-refractivity contribution in [1.82, 2.24) is 0 Å². The van der Waals surface area contributed by atoms with Gasteiger partial charge in [0.05, 0.1) is 0 Å². The molecule has 0 aromatic heterocycles. The Morgan fingerprint density at radius 3 is 1.48 bits per heavy atom. The summed E-state index contributed by atoms with van der Waals surface area (Å²) in [6.07, 6.45) is 0. The van der Waals surface area contributed by atoms with Crippen molar-refractivity contribution in [3.8, 4) is 0 Å². The van der Waals surface area contributed by atoms with E-state index in [-0.39, 0.29) is 0 Å². The van der Waals surface area contributed by atoms with Gasteiger partial charge in [-0.1, -0.05) is 78.9 Å². The molecule has 0 unspecified atom stereocenters. The molecule has 102 valence electrons. The highest BCUT2D eigenvalue weighted by atomic mass is 31.1. The van der Waals surface area contributed by atoms with Crippen LogP contribution >= 0.6 is 8.07 Å². The van der Waals surface area contributed by atoms with Crippen LogP contribution in [-0.4, -0.2) is 0 Å². The van der Waals surface area contributed by atoms with E-state index in [1.165, 1.54) is 10.6 Å². The quantitative estimate of drug-likeness (QED) is 0.565. The molecule has 0 heterocycles. The van der Waals surface area contributed by atoms with Gasteiger partial charge < -0.3 is 0 Å². The smallest absolute Gasteiger partial charge is 0.100 e. The van der Waals surface area contributed by atoms with E-state index in [0.717, 1.165) is 5.69 Å². The minimum Gasteiger partial charge on any atom is -0.100 e. The van der Waals surface area contributed by atoms with Gasteiger partial charge in [-0.05, 0) is 4.88 Å². The number of nitrogens with one attached hydrogen (secondary N) is 1. The van der Waals surface area contributed by atoms with E-state index in [4.69, 9.17) is 4.88 Å². The van der Waals surface area contributed by atoms with Crippen LogP contribution in [0.4, 0.5) is 5.69 Å². The van der Waals surface area contributed by atoms with Crippen LogP contribution in [0.3, 0.4) is 0 Å². The van der Waals surface area contributed by atoms with Crippen LogP contribution in [0, 0.1) is 0 Å². The first-order valence-corrected chi connectivity index (χ1v) is 8.15. The molecule has 0 aliphatic carbocycles. The second-order valence-corrected chi connectivity index (χ2v) is 6.42. The number of hydrogen-bond donors (Lipinski definition) is 1. The van der Waals surface area contributed by atoms with Crippen molar-refractivity contribution < 1.29 is 5.11 Å². The number of nitrogens with zero attached hydrogens (tertiary/aromatic N) is 1. The van der Waals surface area contributed by atoms with Gasteiger partial charge in [-0.2, -0.15) is 0 Å². The molecule has 0 fully saturated rings. The van der Waals surface area contributed by atoms with E-state index in [1.54, 1.807) is 0 Å². The standard InChI is InChI=1S/C18H15N2P/c1-4-10-16(11-5-1)19-20-21(17-12-6-2-7-13-17)18-14-8-3-9-15-18/h1-15H/p+1. The maximum Gasteiger partial charge on any atom is 0.229 e. The van der Waals surface area contributed by atoms with E-state index in [2.05, 4.69) is 53.6 Å². The summed E-state index contributed by atoms with van der Waals surface area (Å²) >= 11 is 0. The lowest BCUT2D eigenvalue weighted by Crippen LogP contribution is -2.57. The lowest BCUT2D eigenvalue weighted by Gasteiger charge is -2.08. The van der Waals surface area contributed by atoms with Crippen LogP contribution in [0.15, 0.2) is 95.9 Å². The Kier molecular flexibility index (Phi) is 4.50. The summed E-state index contributed by atoms with van der Waals surface area (Å²) < 4.78 is 0. The second kappa shape index (κ2) is 6.92. The lowest BCUT2D eigenvalue weighted by molar-refractivity contribution is -0.427. The maximum atomic E-state index is 4.75. The van der Waals surface area contributed by atoms with Crippen molar-refractivity contribution in [3.63, 3.8) is 0 Å². The first kappa shape index (κ1) is 13.7. The molecule has 0 atom stereocenters. The Balaban J connectivity index is 1.96. The highest BCUT2D eigenvalue weighted by Crippen LogP contribution is 2.33. The van der Waals surface area contributed by atoms with Gasteiger partial charge in [0.25, 0.3) is 0 Å². The molecule has 3 aromatic carbocycles. The van der Waals surface area contributed by atoms with Crippen molar-refractivity contribution >= 4 is 24.4 Å². The fourth-order valence-electron chi connectivity index (χ4n) is 2.02. The van der Waals surface area contributed by atoms with Gasteiger partial charge in [0.1, 0.15) is 0 Å². The number of benzene rings is 3. The van der Waals surface area contributed by atoms with Gasteiger partial charge >= 0.3 is 0 Å². The van der Waals surface area contributed by atoms with Crippen molar-refractivity contribution in [1.29, 1.82) is 0 Å². The predicted molar refractivity (Wildman–Crippen MR) is 88.6 cm³/mol. The first-order chi connectivity index (χ1) is 10.4. The molecule has 0 amide bonds. The van der Waals surface area contributed by atoms with Crippen LogP contribution in [0.5, 0.6) is 0 Å². The summed E-state index contributed by atoms with van der Waals surface area (Å²) in [6, 6.07) is 30.9. The van der Waals surface area contributed by atoms with E-state index in [1.807, 2.05) is 42.5 Å². The van der Waals surface area contributed by atoms with Crippen molar-refractivity contribution in [3.05, 3.63) is 91.0 Å². The highest BCUT2D eigenvalue weighted by Gasteiger charge is 2.16. The lowest BCUT2D eigenvalue weighted by atomic mass is 10.3. The summed E-state index contributed by atoms with van der Waals surface area (Å²) in [5.41, 5.74) is 1.01. The molecule has 21 heavy (non-hydrogen) atoms. The van der Waals surface area contributed by atoms with Gasteiger partial charge in [0.2, 0.25) is 5.69 Å². The molecule has 0 aliphatic heterocycles. The summed E-state index contributed by atoms with van der Waals surface area (Å²) in [5.74, 6) is 0. The molecule has 3 rings (SSSR count). The van der Waals surface area contributed by atoms with Gasteiger partial charge in [-0.15, -0.1) is 5.11 Å². The molecule has 3 heteroatoms. The van der Waals surface area contributed by atoms with Gasteiger partial charge in [0, 0.05) is 22.7 Å². The fourth-order valence-corrected chi connectivity index (χ4v) is 3.68. The number of rotatable bonds is 4. The minimum atomic E-state index is -0.761. The molecule has 0 aliphatic rings. The van der Waals surface area contributed by atoms with Crippen LogP contribution in [-0.2, 0) is 0 Å². The normalized spacial score (nSPS) is 11.1. The molecule has 0 saturated heterocycles. The summed E-state index contributed by atoms with van der Waals surface area (Å²) in [6.45, 7) is 0. The van der Waals surface area contributed by atoms with E-state index in [0.29, 0.717) is 0 Å². The summed E-state index contributed by atoms with van der Waals surface area (Å²) in [4.78, 5) is 4.75. The monoisotopic (exact) mass is 291 g/mol. The van der Waals surface area contributed by atoms with Crippen LogP contribution in [0.2, 0.25) is 0 Å². The maximum absolute atomic E-state index is 4.75. The zero-order chi connectivity index (χ0) is 14.3. The Labute approximate surface area is 126 Å². The average Bonchev–Trinajstić information content (AvgIpc) is 2.58. The summed E-state index contributed by atoms with van der Waals surface area (Å²) in [5, 5.41) is 5.67. The minimum absolute atomic E-state index is 0.761. The topological polar surface area (TPSA) is 26.3 Å². The fraction of sp³-hybridized carbons (Fsp3) is 0. The molecule has 2 nitrogen and oxygen atoms in total. The van der Waals surface area contributed by atoms with Crippen LogP contribution < -0.4 is 15.7 Å². The molecule has 0 spiro atoms. The van der Waals surface area contributed by atoms with Crippen LogP contribution in [0.1, 0.15) is 0 Å². The summed E-state index contributed by atoms with van der Waals surface area (Å²) in [7, 11) is -0.761. The molecular weight excluding hydrogens is 275 g/mol. The van der Waals surface area contributed by atoms with E-state index >= 15 is 0 Å². The molecule has 0 bridgehead atoms. The number of para-hydroxylation sites is 1. The zero-order valence-corrected chi connectivity index (χ0v) is 12.4. The largest absolute Gasteiger partial charge is 0.229 e. The van der Waals surface area contributed by atoms with Crippen molar-refractivity contribution in [2.75, 3.05) is 0 Å². The molecule has 3 aromatic rings. The molecule has 1 N–H and O–H groups in total. The third-order valence-corrected chi connectivity index (χ3v) is 4.93. The van der Waals surface area contributed by atoms with E-state index < -0.39 is 8.07 Å². The highest BCUT2D eigenvalue weighted by molar-refractivity contribution is 7.71. The SMILES string of the molecule is c1ccc([NH+]=NP(c2ccccc2)c2ccccc2)cc1. The predicted octanol–water partition coefficient (Wildman–Crippen LogP) is 2.90. The average molecular weight is 291 g/mol. The Hall–Kier alpha value is -2.31. The number of hydrogen-bond acceptors (Lipinski definition) is 1. The zero-order valence-electron chi connectivity index (χ0n) is 11.6. The molecule has 0 radical (unpaired) electrons. The third kappa shape index (κ3) is 3.62. The van der Waals surface area contributed by atoms with Crippen LogP contribution in [0.25, 0.3) is 0 Å². The van der Waals surface area contributed by atoms with Gasteiger partial charge in [-0.25, -0.2) is 0 Å². The second-order valence-electron chi connectivity index (χ2n) is 4.56. The first-order valence-electron chi connectivity index (χ1n) is 6.85. The Morgan fingerprint density at radius 1 is 0.571 bits per heavy atom. The van der Waals surface area contributed by atoms with Gasteiger partial charge in [-0.3, -0.25) is 0 Å². The third-order valence-electron chi connectivity index (χ3n) is 3.05. The van der Waals surface area contributed by atoms with Crippen molar-refractivity contribution in [2.24, 2.45) is 4.88 Å². The Bertz CT molecular complexity index is 658. The Morgan fingerprint density at radius 2 is 1.00 bits per heavy atom. The molecule has 0 saturated carbocycles. The van der Waals surface area contributed by atoms with E-state index in [9.17, 15) is 0 Å². The van der Waals surface area contributed by atoms with Gasteiger partial charge in [0.15, 0.2) is 8.07 Å². The van der Waals surface area contributed by atoms with Crippen molar-refractivity contribution in [2.45, 2.75) is 0 Å².